The van der Waals surface area contributed by atoms with Gasteiger partial charge in [0.15, 0.2) is 29.8 Å². The zero-order chi connectivity index (χ0) is 68.6. The van der Waals surface area contributed by atoms with Crippen molar-refractivity contribution in [2.75, 3.05) is 118 Å². The molecule has 5 unspecified atom stereocenters. The lowest BCUT2D eigenvalue weighted by atomic mass is 10.0. The van der Waals surface area contributed by atoms with Gasteiger partial charge in [-0.15, -0.1) is 0 Å². The number of aliphatic hydroxyl groups excluding tert-OH is 1. The Morgan fingerprint density at radius 3 is 1.78 bits per heavy atom. The van der Waals surface area contributed by atoms with Gasteiger partial charge < -0.3 is 62.7 Å². The minimum absolute atomic E-state index is 0.0325. The largest absolute Gasteiger partial charge is 0.475 e. The van der Waals surface area contributed by atoms with Crippen molar-refractivity contribution in [1.29, 1.82) is 0 Å². The Balaban J connectivity index is 1.17. The predicted molar refractivity (Wildman–Crippen MR) is 330 cm³/mol. The highest BCUT2D eigenvalue weighted by Crippen LogP contribution is 2.57. The van der Waals surface area contributed by atoms with Crippen molar-refractivity contribution in [3.63, 3.8) is 0 Å². The summed E-state index contributed by atoms with van der Waals surface area (Å²) in [4.78, 5) is 104. The molecule has 518 valence electrons. The molecule has 0 saturated carbocycles. The predicted octanol–water partition coefficient (Wildman–Crippen LogP) is 2.70. The van der Waals surface area contributed by atoms with Crippen LogP contribution in [-0.2, 0) is 83.7 Å². The van der Waals surface area contributed by atoms with E-state index < -0.39 is 169 Å². The number of methoxy groups -OCH3 is 3. The summed E-state index contributed by atoms with van der Waals surface area (Å²) in [5.74, 6) is -2.66. The van der Waals surface area contributed by atoms with Crippen LogP contribution in [0.1, 0.15) is 60.9 Å². The highest BCUT2D eigenvalue weighted by atomic mass is 31.2. The Kier molecular flexibility index (Phi) is 26.5. The molecule has 7 heterocycles. The molecule has 0 radical (unpaired) electrons. The van der Waals surface area contributed by atoms with Gasteiger partial charge in [0.2, 0.25) is 24.9 Å². The molecule has 0 bridgehead atoms. The van der Waals surface area contributed by atoms with E-state index in [1.165, 1.54) is 45.2 Å². The Labute approximate surface area is 542 Å². The maximum absolute atomic E-state index is 15.6. The van der Waals surface area contributed by atoms with E-state index >= 15 is 9.13 Å². The maximum atomic E-state index is 15.6. The number of nitrogens with one attached hydrogen (secondary N) is 4. The number of hydrogen-bond acceptors (Lipinski definition) is 27. The van der Waals surface area contributed by atoms with Crippen molar-refractivity contribution < 1.29 is 93.6 Å². The van der Waals surface area contributed by atoms with Crippen LogP contribution < -0.4 is 33.1 Å². The van der Waals surface area contributed by atoms with Crippen LogP contribution in [0.2, 0.25) is 0 Å². The fraction of sp³-hybridized carbons (Fsp3) is 0.596. The lowest BCUT2D eigenvalue weighted by Gasteiger charge is -2.30. The number of amides is 2. The van der Waals surface area contributed by atoms with E-state index in [0.717, 1.165) is 15.5 Å². The van der Waals surface area contributed by atoms with E-state index in [1.807, 2.05) is 0 Å². The number of nitrogens with zero attached hydrogens (tertiary/aromatic N) is 8. The minimum Gasteiger partial charge on any atom is -0.394 e. The highest BCUT2D eigenvalue weighted by Gasteiger charge is 2.55. The van der Waals surface area contributed by atoms with Crippen molar-refractivity contribution in [1.82, 2.24) is 38.6 Å². The second-order valence-corrected chi connectivity index (χ2v) is 25.2. The maximum Gasteiger partial charge on any atom is 0.475 e. The molecule has 5 aromatic rings. The zero-order valence-electron chi connectivity index (χ0n) is 53.1. The first kappa shape index (κ1) is 73.7. The standard InChI is InChI=1S/C57H76N12O24P2/c1-32(2)48(71)64-55-63-47-40(51(74)65-55)60-31-69(47)54-45(84-25-22-81-10)43(93-94(77,85-18-16-58-6)87-29-38-35(5)41(82-23-20-79-8)52(90-38)68-27-34(4)49(72)66-57(68)76)39(91-54)30-88-95(78,86-19-17-59-7)92-42-37(28-70)89-53(44(42)83-24-21-80-9)67-26-33(3)46(62-56(67)75)61-50(73)36-14-12-11-13-15-36/h11-15,26-27,31-32,35,37-39,41-45,52-54,70H,16-25,28-30H2,1-5,8-10H3,(H,66,72,76)(H,61,62,73,75)(H2,63,64,65,71,74)/t35-,37+,38+,39+,41?,42-,43-,44?,45?,52+,53+,54+,94?,95?/m0/s1. The number of ether oxygens (including phenoxy) is 9. The van der Waals surface area contributed by atoms with Gasteiger partial charge in [-0.05, 0) is 26.0 Å². The molecule has 3 saturated heterocycles. The number of aromatic amines is 2. The Hall–Kier alpha value is -7.13. The molecule has 95 heavy (non-hydrogen) atoms. The van der Waals surface area contributed by atoms with E-state index in [2.05, 4.69) is 45.2 Å². The van der Waals surface area contributed by atoms with E-state index in [1.54, 1.807) is 58.0 Å². The van der Waals surface area contributed by atoms with Gasteiger partial charge in [0.05, 0.1) is 71.9 Å². The Bertz CT molecular complexity index is 3860. The molecule has 4 aromatic heterocycles. The van der Waals surface area contributed by atoms with Crippen LogP contribution in [0, 0.1) is 38.8 Å². The third kappa shape index (κ3) is 18.3. The lowest BCUT2D eigenvalue weighted by molar-refractivity contribution is -0.119. The number of rotatable bonds is 36. The molecule has 0 spiro atoms. The van der Waals surface area contributed by atoms with Crippen molar-refractivity contribution in [3.8, 4) is 0 Å². The summed E-state index contributed by atoms with van der Waals surface area (Å²) in [5.41, 5.74) is -2.91. The van der Waals surface area contributed by atoms with Crippen LogP contribution in [0.25, 0.3) is 20.9 Å². The molecule has 38 heteroatoms. The van der Waals surface area contributed by atoms with Gasteiger partial charge in [-0.1, -0.05) is 39.0 Å². The number of carbonyl (C=O) groups is 2. The van der Waals surface area contributed by atoms with Crippen LogP contribution in [0.4, 0.5) is 11.8 Å². The molecule has 0 aliphatic carbocycles. The average molecular weight is 1380 g/mol. The first-order chi connectivity index (χ1) is 45.6. The minimum atomic E-state index is -5.22. The summed E-state index contributed by atoms with van der Waals surface area (Å²) in [7, 11) is -6.12. The van der Waals surface area contributed by atoms with Crippen LogP contribution in [0.3, 0.4) is 0 Å². The van der Waals surface area contributed by atoms with Gasteiger partial charge in [0.1, 0.15) is 61.8 Å². The molecular weight excluding hydrogens is 1300 g/mol. The molecular formula is C57H76N12O24P2. The van der Waals surface area contributed by atoms with Gasteiger partial charge in [-0.3, -0.25) is 75.3 Å². The number of aryl methyl sites for hydroxylation is 2. The number of fused-ring (bicyclic) bond motifs is 1. The van der Waals surface area contributed by atoms with Crippen LogP contribution in [-0.4, -0.2) is 211 Å². The third-order valence-corrected chi connectivity index (χ3v) is 17.9. The molecule has 8 rings (SSSR count). The first-order valence-electron chi connectivity index (χ1n) is 29.9. The van der Waals surface area contributed by atoms with Crippen molar-refractivity contribution in [2.45, 2.75) is 102 Å². The van der Waals surface area contributed by atoms with Crippen LogP contribution in [0.15, 0.2) is 68.2 Å². The molecule has 3 aliphatic rings. The second kappa shape index (κ2) is 34.2. The second-order valence-electron chi connectivity index (χ2n) is 21.9. The van der Waals surface area contributed by atoms with Crippen LogP contribution >= 0.6 is 15.6 Å². The summed E-state index contributed by atoms with van der Waals surface area (Å²) >= 11 is 0. The van der Waals surface area contributed by atoms with Crippen molar-refractivity contribution >= 4 is 50.4 Å². The van der Waals surface area contributed by atoms with E-state index in [-0.39, 0.29) is 85.8 Å². The number of benzene rings is 1. The van der Waals surface area contributed by atoms with E-state index in [4.69, 9.17) is 82.9 Å². The lowest BCUT2D eigenvalue weighted by Crippen LogP contribution is -2.41. The normalized spacial score (nSPS) is 24.7. The number of imidazole rings is 1. The van der Waals surface area contributed by atoms with E-state index in [9.17, 15) is 33.9 Å². The van der Waals surface area contributed by atoms with Crippen molar-refractivity contribution in [3.05, 3.63) is 130 Å². The van der Waals surface area contributed by atoms with Gasteiger partial charge in [0, 0.05) is 62.2 Å². The Morgan fingerprint density at radius 1 is 0.663 bits per heavy atom. The molecule has 36 nitrogen and oxygen atoms in total. The van der Waals surface area contributed by atoms with Crippen molar-refractivity contribution in [2.24, 2.45) is 11.8 Å². The monoisotopic (exact) mass is 1370 g/mol. The number of phosphoric ester groups is 2. The van der Waals surface area contributed by atoms with Crippen LogP contribution in [0.5, 0.6) is 0 Å². The fourth-order valence-electron chi connectivity index (χ4n) is 10.1. The summed E-state index contributed by atoms with van der Waals surface area (Å²) in [6.45, 7) is 18.3. The third-order valence-electron chi connectivity index (χ3n) is 15.0. The number of carbonyl (C=O) groups excluding carboxylic acids is 2. The number of H-pyrrole nitrogens is 2. The number of phosphoric acid groups is 2. The Morgan fingerprint density at radius 2 is 1.20 bits per heavy atom. The zero-order valence-corrected chi connectivity index (χ0v) is 54.9. The quantitative estimate of drug-likeness (QED) is 0.0219. The first-order valence-corrected chi connectivity index (χ1v) is 32.8. The topological polar surface area (TPSA) is 413 Å². The molecule has 5 N–H and O–H groups in total. The summed E-state index contributed by atoms with van der Waals surface area (Å²) in [6.07, 6.45) is -12.1. The summed E-state index contributed by atoms with van der Waals surface area (Å²) < 4.78 is 125. The van der Waals surface area contributed by atoms with Gasteiger partial charge in [-0.2, -0.15) is 9.97 Å². The molecule has 1 aromatic carbocycles. The van der Waals surface area contributed by atoms with Gasteiger partial charge >= 0.3 is 27.0 Å². The van der Waals surface area contributed by atoms with Gasteiger partial charge in [-0.25, -0.2) is 36.8 Å². The number of aliphatic hydroxyl groups is 1. The average Bonchev–Trinajstić information content (AvgIpc) is 1.61. The number of aromatic nitrogens is 8. The summed E-state index contributed by atoms with van der Waals surface area (Å²) in [5, 5.41) is 16.1. The molecule has 14 atom stereocenters. The number of anilines is 2. The molecule has 3 fully saturated rings. The summed E-state index contributed by atoms with van der Waals surface area (Å²) in [6, 6.07) is 8.18. The molecule has 3 aliphatic heterocycles. The smallest absolute Gasteiger partial charge is 0.394 e. The molecule has 2 amide bonds. The SMILES string of the molecule is [C-]#[N+]CCOP(=O)(OC[C@H]1O[C@@H](n2cnc3c(=O)[nH]c(NC(=O)C(C)C)nc32)C(OCCOC)[C@H]1OP(=O)(OCC[N+]#[C-])OC[C@H]1O[C@@H](n2cc(C)c(=O)[nH]c2=O)C(OCCOC)[C@H]1C)O[C@@H]1C(OCCOC)[C@H](n2cc(C)c(NC(=O)c3ccccc3)nc2=O)O[C@@H]1CO. The highest BCUT2D eigenvalue weighted by molar-refractivity contribution is 7.48. The number of hydrogen-bond donors (Lipinski definition) is 5. The van der Waals surface area contributed by atoms with Gasteiger partial charge in [0.25, 0.3) is 17.0 Å². The fourth-order valence-corrected chi connectivity index (χ4v) is 12.9. The van der Waals surface area contributed by atoms with E-state index in [0.29, 0.717) is 0 Å².